The molecule has 1 aromatic heterocycles. The Labute approximate surface area is 106 Å². The van der Waals surface area contributed by atoms with Crippen LogP contribution in [0.25, 0.3) is 0 Å². The molecule has 0 saturated heterocycles. The lowest BCUT2D eigenvalue weighted by Crippen LogP contribution is -2.56. The van der Waals surface area contributed by atoms with Crippen molar-refractivity contribution in [3.05, 3.63) is 12.2 Å². The van der Waals surface area contributed by atoms with Gasteiger partial charge in [-0.25, -0.2) is 0 Å². The van der Waals surface area contributed by atoms with E-state index < -0.39 is 5.54 Å². The Hall–Kier alpha value is -1.47. The number of nitrogens with one attached hydrogen (secondary N) is 1. The molecule has 1 aromatic rings. The number of rotatable bonds is 4. The van der Waals surface area contributed by atoms with Gasteiger partial charge in [0.1, 0.15) is 17.7 Å². The first-order chi connectivity index (χ1) is 8.59. The van der Waals surface area contributed by atoms with Crippen molar-refractivity contribution in [2.75, 3.05) is 27.2 Å². The third kappa shape index (κ3) is 2.37. The highest BCUT2D eigenvalue weighted by Gasteiger charge is 2.35. The van der Waals surface area contributed by atoms with Crippen LogP contribution in [-0.4, -0.2) is 58.4 Å². The van der Waals surface area contributed by atoms with Crippen molar-refractivity contribution < 1.29 is 9.53 Å². The molecule has 1 atom stereocenters. The van der Waals surface area contributed by atoms with Crippen molar-refractivity contribution in [1.29, 1.82) is 0 Å². The number of aromatic nitrogens is 3. The average molecular weight is 253 g/mol. The van der Waals surface area contributed by atoms with Gasteiger partial charge in [0.05, 0.1) is 13.7 Å². The quantitative estimate of drug-likeness (QED) is 0.712. The van der Waals surface area contributed by atoms with E-state index in [4.69, 9.17) is 4.74 Å². The highest BCUT2D eigenvalue weighted by molar-refractivity contribution is 5.80. The molecule has 0 spiro atoms. The Bertz CT molecular complexity index is 433. The summed E-state index contributed by atoms with van der Waals surface area (Å²) < 4.78 is 6.87. The Morgan fingerprint density at radius 1 is 1.61 bits per heavy atom. The summed E-state index contributed by atoms with van der Waals surface area (Å²) in [5.41, 5.74) is -0.697. The molecule has 2 rings (SSSR count). The van der Waals surface area contributed by atoms with Crippen LogP contribution in [0.1, 0.15) is 12.7 Å². The molecule has 100 valence electrons. The maximum absolute atomic E-state index is 11.8. The smallest absolute Gasteiger partial charge is 0.327 e. The third-order valence-corrected chi connectivity index (χ3v) is 3.45. The minimum absolute atomic E-state index is 0.253. The van der Waals surface area contributed by atoms with Gasteiger partial charge in [0.25, 0.3) is 0 Å². The van der Waals surface area contributed by atoms with Gasteiger partial charge >= 0.3 is 5.97 Å². The molecule has 0 aliphatic carbocycles. The number of likely N-dealkylation sites (N-methyl/N-ethyl adjacent to an activating group) is 1. The summed E-state index contributed by atoms with van der Waals surface area (Å²) in [6.07, 6.45) is 1.74. The Morgan fingerprint density at radius 2 is 2.39 bits per heavy atom. The third-order valence-electron chi connectivity index (χ3n) is 3.45. The van der Waals surface area contributed by atoms with Gasteiger partial charge in [-0.3, -0.25) is 9.69 Å². The number of carbonyl (C=O) groups is 1. The number of nitrogens with zero attached hydrogens (tertiary/aromatic N) is 4. The molecule has 18 heavy (non-hydrogen) atoms. The second kappa shape index (κ2) is 5.03. The second-order valence-electron chi connectivity index (χ2n) is 4.72. The molecule has 0 amide bonds. The summed E-state index contributed by atoms with van der Waals surface area (Å²) in [6, 6.07) is 0. The summed E-state index contributed by atoms with van der Waals surface area (Å²) in [5.74, 6) is 0.682. The van der Waals surface area contributed by atoms with E-state index in [9.17, 15) is 4.79 Å². The van der Waals surface area contributed by atoms with Crippen LogP contribution in [0, 0.1) is 0 Å². The van der Waals surface area contributed by atoms with Gasteiger partial charge in [0.15, 0.2) is 0 Å². The van der Waals surface area contributed by atoms with Crippen LogP contribution in [0.2, 0.25) is 0 Å². The molecular formula is C11H19N5O2. The lowest BCUT2D eigenvalue weighted by Gasteiger charge is -2.34. The van der Waals surface area contributed by atoms with Crippen molar-refractivity contribution in [3.8, 4) is 0 Å². The normalized spacial score (nSPS) is 19.1. The molecule has 1 aliphatic rings. The fourth-order valence-electron chi connectivity index (χ4n) is 2.17. The summed E-state index contributed by atoms with van der Waals surface area (Å²) >= 11 is 0. The number of hydrogen-bond acceptors (Lipinski definition) is 6. The lowest BCUT2D eigenvalue weighted by atomic mass is 10.0. The Morgan fingerprint density at radius 3 is 3.06 bits per heavy atom. The number of esters is 1. The minimum atomic E-state index is -0.697. The van der Waals surface area contributed by atoms with Crippen LogP contribution in [0.5, 0.6) is 0 Å². The minimum Gasteiger partial charge on any atom is -0.468 e. The zero-order valence-corrected chi connectivity index (χ0v) is 11.0. The molecule has 0 aromatic carbocycles. The summed E-state index contributed by atoms with van der Waals surface area (Å²) in [4.78, 5) is 14.0. The maximum Gasteiger partial charge on any atom is 0.327 e. The molecule has 1 N–H and O–H groups in total. The van der Waals surface area contributed by atoms with Crippen molar-refractivity contribution in [2.45, 2.75) is 25.6 Å². The van der Waals surface area contributed by atoms with E-state index in [1.807, 2.05) is 11.5 Å². The Kier molecular flexibility index (Phi) is 3.63. The molecule has 0 bridgehead atoms. The number of carbonyl (C=O) groups excluding carboxylic acids is 1. The van der Waals surface area contributed by atoms with E-state index in [0.29, 0.717) is 13.1 Å². The first-order valence-electron chi connectivity index (χ1n) is 5.95. The molecule has 0 fully saturated rings. The molecule has 1 unspecified atom stereocenters. The largest absolute Gasteiger partial charge is 0.468 e. The van der Waals surface area contributed by atoms with Gasteiger partial charge in [-0.2, -0.15) is 0 Å². The van der Waals surface area contributed by atoms with Gasteiger partial charge in [-0.15, -0.1) is 10.2 Å². The lowest BCUT2D eigenvalue weighted by molar-refractivity contribution is -0.148. The fraction of sp³-hybridized carbons (Fsp3) is 0.727. The van der Waals surface area contributed by atoms with Crippen molar-refractivity contribution in [1.82, 2.24) is 25.0 Å². The Balaban J connectivity index is 2.04. The molecule has 7 heteroatoms. The van der Waals surface area contributed by atoms with Crippen LogP contribution in [0.4, 0.5) is 0 Å². The molecule has 1 aliphatic heterocycles. The van der Waals surface area contributed by atoms with Crippen molar-refractivity contribution in [2.24, 2.45) is 0 Å². The highest BCUT2D eigenvalue weighted by atomic mass is 16.5. The van der Waals surface area contributed by atoms with Crippen LogP contribution < -0.4 is 5.32 Å². The molecule has 7 nitrogen and oxygen atoms in total. The second-order valence-corrected chi connectivity index (χ2v) is 4.72. The SMILES string of the molecule is CNC(C)(CN1CCn2cnnc2C1)C(=O)OC. The van der Waals surface area contributed by atoms with Gasteiger partial charge in [0.2, 0.25) is 0 Å². The van der Waals surface area contributed by atoms with Crippen molar-refractivity contribution in [3.63, 3.8) is 0 Å². The van der Waals surface area contributed by atoms with Crippen molar-refractivity contribution >= 4 is 5.97 Å². The van der Waals surface area contributed by atoms with E-state index in [1.54, 1.807) is 13.4 Å². The number of hydrogen-bond donors (Lipinski definition) is 1. The zero-order valence-electron chi connectivity index (χ0n) is 11.0. The first kappa shape index (κ1) is 13.0. The van der Waals surface area contributed by atoms with E-state index >= 15 is 0 Å². The fourth-order valence-corrected chi connectivity index (χ4v) is 2.17. The van der Waals surface area contributed by atoms with Gasteiger partial charge < -0.3 is 14.6 Å². The van der Waals surface area contributed by atoms with Gasteiger partial charge in [-0.05, 0) is 14.0 Å². The number of ether oxygens (including phenoxy) is 1. The monoisotopic (exact) mass is 253 g/mol. The summed E-state index contributed by atoms with van der Waals surface area (Å²) in [6.45, 7) is 4.86. The predicted molar refractivity (Wildman–Crippen MR) is 64.8 cm³/mol. The summed E-state index contributed by atoms with van der Waals surface area (Å²) in [7, 11) is 3.17. The van der Waals surface area contributed by atoms with E-state index in [0.717, 1.165) is 18.9 Å². The van der Waals surface area contributed by atoms with E-state index in [2.05, 4.69) is 20.4 Å². The van der Waals surface area contributed by atoms with Crippen LogP contribution in [0.3, 0.4) is 0 Å². The molecule has 0 radical (unpaired) electrons. The summed E-state index contributed by atoms with van der Waals surface area (Å²) in [5, 5.41) is 11.0. The number of fused-ring (bicyclic) bond motifs is 1. The van der Waals surface area contributed by atoms with Crippen LogP contribution in [-0.2, 0) is 22.6 Å². The predicted octanol–water partition coefficient (Wildman–Crippen LogP) is -0.755. The molecular weight excluding hydrogens is 234 g/mol. The van der Waals surface area contributed by atoms with Crippen LogP contribution in [0.15, 0.2) is 6.33 Å². The standard InChI is InChI=1S/C11H19N5O2/c1-11(12-2,10(17)18-3)7-15-4-5-16-8-13-14-9(16)6-15/h8,12H,4-7H2,1-3H3. The van der Waals surface area contributed by atoms with Gasteiger partial charge in [-0.1, -0.05) is 0 Å². The van der Waals surface area contributed by atoms with E-state index in [1.165, 1.54) is 7.11 Å². The molecule has 2 heterocycles. The first-order valence-corrected chi connectivity index (χ1v) is 5.95. The zero-order chi connectivity index (χ0) is 13.2. The van der Waals surface area contributed by atoms with Gasteiger partial charge in [0, 0.05) is 19.6 Å². The topological polar surface area (TPSA) is 72.3 Å². The highest BCUT2D eigenvalue weighted by Crippen LogP contribution is 2.14. The molecule has 0 saturated carbocycles. The average Bonchev–Trinajstić information content (AvgIpc) is 2.84. The maximum atomic E-state index is 11.8. The number of methoxy groups -OCH3 is 1. The van der Waals surface area contributed by atoms with E-state index in [-0.39, 0.29) is 5.97 Å². The van der Waals surface area contributed by atoms with Crippen LogP contribution >= 0.6 is 0 Å².